The summed E-state index contributed by atoms with van der Waals surface area (Å²) in [5, 5.41) is 2.93. The molecule has 1 atom stereocenters. The van der Waals surface area contributed by atoms with Gasteiger partial charge in [0.1, 0.15) is 0 Å². The van der Waals surface area contributed by atoms with Crippen LogP contribution in [-0.4, -0.2) is 25.5 Å². The Morgan fingerprint density at radius 1 is 1.12 bits per heavy atom. The van der Waals surface area contributed by atoms with Crippen molar-refractivity contribution in [1.29, 1.82) is 0 Å². The van der Waals surface area contributed by atoms with Gasteiger partial charge in [0.25, 0.3) is 0 Å². The fourth-order valence-corrected chi connectivity index (χ4v) is 2.00. The van der Waals surface area contributed by atoms with Crippen LogP contribution in [0.1, 0.15) is 51.9 Å². The number of amides is 1. The van der Waals surface area contributed by atoms with Crippen LogP contribution in [-0.2, 0) is 4.79 Å². The molecule has 0 aromatic carbocycles. The third-order valence-electron chi connectivity index (χ3n) is 3.00. The van der Waals surface area contributed by atoms with Crippen molar-refractivity contribution in [1.82, 2.24) is 5.32 Å². The number of rotatable bonds is 11. The summed E-state index contributed by atoms with van der Waals surface area (Å²) in [4.78, 5) is 11.5. The molecular formula is C13H29N3O. The highest BCUT2D eigenvalue weighted by atomic mass is 16.1. The molecule has 0 fully saturated rings. The van der Waals surface area contributed by atoms with Crippen LogP contribution in [0.3, 0.4) is 0 Å². The van der Waals surface area contributed by atoms with Crippen molar-refractivity contribution in [3.05, 3.63) is 0 Å². The molecule has 1 unspecified atom stereocenters. The van der Waals surface area contributed by atoms with E-state index in [1.807, 2.05) is 0 Å². The van der Waals surface area contributed by atoms with E-state index in [1.165, 1.54) is 12.8 Å². The lowest BCUT2D eigenvalue weighted by molar-refractivity contribution is -0.121. The topological polar surface area (TPSA) is 81.1 Å². The van der Waals surface area contributed by atoms with Gasteiger partial charge in [-0.2, -0.15) is 0 Å². The SMILES string of the molecule is CCCC(CCN)CCC(=O)NCCCCN. The summed E-state index contributed by atoms with van der Waals surface area (Å²) in [6.45, 7) is 4.36. The van der Waals surface area contributed by atoms with Gasteiger partial charge in [0.05, 0.1) is 0 Å². The molecule has 0 aromatic rings. The molecule has 0 heterocycles. The molecule has 4 nitrogen and oxygen atoms in total. The van der Waals surface area contributed by atoms with Crippen molar-refractivity contribution < 1.29 is 4.79 Å². The van der Waals surface area contributed by atoms with E-state index in [2.05, 4.69) is 12.2 Å². The lowest BCUT2D eigenvalue weighted by atomic mass is 9.94. The highest BCUT2D eigenvalue weighted by molar-refractivity contribution is 5.75. The predicted molar refractivity (Wildman–Crippen MR) is 72.6 cm³/mol. The summed E-state index contributed by atoms with van der Waals surface area (Å²) in [6, 6.07) is 0. The molecule has 5 N–H and O–H groups in total. The minimum absolute atomic E-state index is 0.167. The van der Waals surface area contributed by atoms with Crippen molar-refractivity contribution >= 4 is 5.91 Å². The Morgan fingerprint density at radius 2 is 1.88 bits per heavy atom. The van der Waals surface area contributed by atoms with E-state index in [1.54, 1.807) is 0 Å². The van der Waals surface area contributed by atoms with Gasteiger partial charge in [-0.1, -0.05) is 19.8 Å². The molecule has 0 aliphatic carbocycles. The molecule has 0 spiro atoms. The zero-order chi connectivity index (χ0) is 12.9. The van der Waals surface area contributed by atoms with Gasteiger partial charge < -0.3 is 16.8 Å². The highest BCUT2D eigenvalue weighted by Crippen LogP contribution is 2.16. The van der Waals surface area contributed by atoms with E-state index in [-0.39, 0.29) is 5.91 Å². The molecule has 1 amide bonds. The molecule has 4 heteroatoms. The van der Waals surface area contributed by atoms with E-state index < -0.39 is 0 Å². The van der Waals surface area contributed by atoms with E-state index >= 15 is 0 Å². The van der Waals surface area contributed by atoms with Crippen LogP contribution < -0.4 is 16.8 Å². The van der Waals surface area contributed by atoms with Gasteiger partial charge >= 0.3 is 0 Å². The van der Waals surface area contributed by atoms with Crippen LogP contribution in [0.15, 0.2) is 0 Å². The predicted octanol–water partition coefficient (Wildman–Crippen LogP) is 1.39. The molecule has 0 rings (SSSR count). The van der Waals surface area contributed by atoms with Crippen LogP contribution in [0.4, 0.5) is 0 Å². The second-order valence-corrected chi connectivity index (χ2v) is 4.62. The Hall–Kier alpha value is -0.610. The number of carbonyl (C=O) groups excluding carboxylic acids is 1. The molecule has 0 bridgehead atoms. The van der Waals surface area contributed by atoms with Gasteiger partial charge in [0, 0.05) is 13.0 Å². The largest absolute Gasteiger partial charge is 0.356 e. The minimum Gasteiger partial charge on any atom is -0.356 e. The highest BCUT2D eigenvalue weighted by Gasteiger charge is 2.09. The van der Waals surface area contributed by atoms with Crippen molar-refractivity contribution in [2.45, 2.75) is 51.9 Å². The van der Waals surface area contributed by atoms with Gasteiger partial charge in [-0.05, 0) is 44.7 Å². The standard InChI is InChI=1S/C13H29N3O/c1-2-5-12(8-10-15)6-7-13(17)16-11-4-3-9-14/h12H,2-11,14-15H2,1H3,(H,16,17). The maximum Gasteiger partial charge on any atom is 0.220 e. The second-order valence-electron chi connectivity index (χ2n) is 4.62. The first-order chi connectivity index (χ1) is 8.24. The number of hydrogen-bond donors (Lipinski definition) is 3. The van der Waals surface area contributed by atoms with E-state index in [0.717, 1.165) is 38.8 Å². The lowest BCUT2D eigenvalue weighted by Crippen LogP contribution is -2.25. The van der Waals surface area contributed by atoms with Gasteiger partial charge in [-0.25, -0.2) is 0 Å². The van der Waals surface area contributed by atoms with Crippen molar-refractivity contribution in [2.75, 3.05) is 19.6 Å². The molecule has 0 aliphatic heterocycles. The van der Waals surface area contributed by atoms with E-state index in [4.69, 9.17) is 11.5 Å². The summed E-state index contributed by atoms with van der Waals surface area (Å²) >= 11 is 0. The van der Waals surface area contributed by atoms with Crippen LogP contribution in [0.2, 0.25) is 0 Å². The van der Waals surface area contributed by atoms with Gasteiger partial charge in [-0.3, -0.25) is 4.79 Å². The van der Waals surface area contributed by atoms with Crippen LogP contribution in [0.5, 0.6) is 0 Å². The normalized spacial score (nSPS) is 12.4. The number of hydrogen-bond acceptors (Lipinski definition) is 3. The Balaban J connectivity index is 3.57. The fourth-order valence-electron chi connectivity index (χ4n) is 2.00. The molecule has 0 saturated heterocycles. The van der Waals surface area contributed by atoms with Gasteiger partial charge in [0.15, 0.2) is 0 Å². The monoisotopic (exact) mass is 243 g/mol. The Labute approximate surface area is 106 Å². The summed E-state index contributed by atoms with van der Waals surface area (Å²) in [5.74, 6) is 0.778. The molecule has 0 aliphatic rings. The summed E-state index contributed by atoms with van der Waals surface area (Å²) < 4.78 is 0. The average molecular weight is 243 g/mol. The lowest BCUT2D eigenvalue weighted by Gasteiger charge is -2.14. The molecular weight excluding hydrogens is 214 g/mol. The molecule has 0 saturated carbocycles. The minimum atomic E-state index is 0.167. The third kappa shape index (κ3) is 10.3. The Kier molecular flexibility index (Phi) is 11.4. The summed E-state index contributed by atoms with van der Waals surface area (Å²) in [6.07, 6.45) is 6.94. The summed E-state index contributed by atoms with van der Waals surface area (Å²) in [7, 11) is 0. The maximum atomic E-state index is 11.5. The maximum absolute atomic E-state index is 11.5. The van der Waals surface area contributed by atoms with Crippen molar-refractivity contribution in [3.63, 3.8) is 0 Å². The number of nitrogens with two attached hydrogens (primary N) is 2. The number of unbranched alkanes of at least 4 members (excludes halogenated alkanes) is 1. The van der Waals surface area contributed by atoms with Gasteiger partial charge in [0.2, 0.25) is 5.91 Å². The van der Waals surface area contributed by atoms with Gasteiger partial charge in [-0.15, -0.1) is 0 Å². The second kappa shape index (κ2) is 11.9. The van der Waals surface area contributed by atoms with E-state index in [9.17, 15) is 4.79 Å². The van der Waals surface area contributed by atoms with Crippen LogP contribution >= 0.6 is 0 Å². The number of carbonyl (C=O) groups is 1. The van der Waals surface area contributed by atoms with Crippen molar-refractivity contribution in [3.8, 4) is 0 Å². The first-order valence-corrected chi connectivity index (χ1v) is 6.91. The smallest absolute Gasteiger partial charge is 0.220 e. The first kappa shape index (κ1) is 16.4. The summed E-state index contributed by atoms with van der Waals surface area (Å²) in [5.41, 5.74) is 11.0. The Bertz CT molecular complexity index is 180. The first-order valence-electron chi connectivity index (χ1n) is 6.91. The Morgan fingerprint density at radius 3 is 2.47 bits per heavy atom. The average Bonchev–Trinajstić information content (AvgIpc) is 2.32. The number of nitrogens with one attached hydrogen (secondary N) is 1. The van der Waals surface area contributed by atoms with Crippen molar-refractivity contribution in [2.24, 2.45) is 17.4 Å². The fraction of sp³-hybridized carbons (Fsp3) is 0.923. The van der Waals surface area contributed by atoms with Crippen LogP contribution in [0, 0.1) is 5.92 Å². The molecule has 17 heavy (non-hydrogen) atoms. The molecule has 102 valence electrons. The quantitative estimate of drug-likeness (QED) is 0.480. The van der Waals surface area contributed by atoms with Crippen LogP contribution in [0.25, 0.3) is 0 Å². The third-order valence-corrected chi connectivity index (χ3v) is 3.00. The zero-order valence-electron chi connectivity index (χ0n) is 11.2. The molecule has 0 radical (unpaired) electrons. The molecule has 0 aromatic heterocycles. The van der Waals surface area contributed by atoms with E-state index in [0.29, 0.717) is 18.9 Å². The zero-order valence-corrected chi connectivity index (χ0v) is 11.2.